The lowest BCUT2D eigenvalue weighted by Gasteiger charge is -2.11. The van der Waals surface area contributed by atoms with Gasteiger partial charge in [-0.2, -0.15) is 0 Å². The highest BCUT2D eigenvalue weighted by atomic mass is 127. The van der Waals surface area contributed by atoms with E-state index in [2.05, 4.69) is 16.4 Å². The van der Waals surface area contributed by atoms with Gasteiger partial charge in [0.1, 0.15) is 5.82 Å². The van der Waals surface area contributed by atoms with Gasteiger partial charge in [-0.15, -0.1) is 24.0 Å². The summed E-state index contributed by atoms with van der Waals surface area (Å²) in [6, 6.07) is 11.7. The molecule has 1 atom stereocenters. The minimum absolute atomic E-state index is 0. The Morgan fingerprint density at radius 1 is 1.17 bits per heavy atom. The fourth-order valence-electron chi connectivity index (χ4n) is 2.21. The zero-order valence-electron chi connectivity index (χ0n) is 13.1. The highest BCUT2D eigenvalue weighted by molar-refractivity contribution is 14.0. The summed E-state index contributed by atoms with van der Waals surface area (Å²) in [7, 11) is 0. The average Bonchev–Trinajstić information content (AvgIpc) is 2.44. The molecule has 0 aromatic heterocycles. The van der Waals surface area contributed by atoms with Crippen LogP contribution in [0.25, 0.3) is 0 Å². The largest absolute Gasteiger partial charge is 0.386 e. The maximum atomic E-state index is 12.8. The Morgan fingerprint density at radius 2 is 1.74 bits per heavy atom. The van der Waals surface area contributed by atoms with E-state index in [0.717, 1.165) is 16.8 Å². The van der Waals surface area contributed by atoms with Gasteiger partial charge in [-0.05, 0) is 54.8 Å². The van der Waals surface area contributed by atoms with Crippen LogP contribution >= 0.6 is 24.0 Å². The van der Waals surface area contributed by atoms with E-state index in [9.17, 15) is 9.50 Å². The van der Waals surface area contributed by atoms with Crippen LogP contribution in [-0.4, -0.2) is 17.6 Å². The van der Waals surface area contributed by atoms with Crippen LogP contribution in [0.15, 0.2) is 47.5 Å². The monoisotopic (exact) mass is 429 g/mol. The number of halogens is 2. The number of aryl methyl sites for hydroxylation is 2. The Morgan fingerprint density at radius 3 is 2.30 bits per heavy atom. The van der Waals surface area contributed by atoms with E-state index < -0.39 is 6.10 Å². The Labute approximate surface area is 152 Å². The van der Waals surface area contributed by atoms with Crippen LogP contribution in [-0.2, 0) is 0 Å². The van der Waals surface area contributed by atoms with Gasteiger partial charge in [-0.3, -0.25) is 4.99 Å². The molecular weight excluding hydrogens is 408 g/mol. The highest BCUT2D eigenvalue weighted by Gasteiger charge is 2.07. The minimum Gasteiger partial charge on any atom is -0.386 e. The number of nitrogens with one attached hydrogen (secondary N) is 1. The van der Waals surface area contributed by atoms with Crippen molar-refractivity contribution in [3.8, 4) is 0 Å². The SMILES string of the molecule is Cc1cc(C)cc(NC(N)=NCC(O)c2ccc(F)cc2)c1.I. The molecular formula is C17H21FIN3O. The maximum absolute atomic E-state index is 12.8. The van der Waals surface area contributed by atoms with Gasteiger partial charge < -0.3 is 16.2 Å². The molecule has 0 bridgehead atoms. The molecule has 4 nitrogen and oxygen atoms in total. The van der Waals surface area contributed by atoms with E-state index in [1.807, 2.05) is 26.0 Å². The Bertz CT molecular complexity index is 654. The Kier molecular flexibility index (Phi) is 7.44. The first-order valence-electron chi connectivity index (χ1n) is 7.03. The van der Waals surface area contributed by atoms with Gasteiger partial charge in [-0.25, -0.2) is 4.39 Å². The first-order chi connectivity index (χ1) is 10.4. The number of rotatable bonds is 4. The number of aliphatic hydroxyl groups excluding tert-OH is 1. The summed E-state index contributed by atoms with van der Waals surface area (Å²) in [6.45, 7) is 4.11. The van der Waals surface area contributed by atoms with Crippen LogP contribution in [0.3, 0.4) is 0 Å². The lowest BCUT2D eigenvalue weighted by molar-refractivity contribution is 0.187. The second kappa shape index (κ2) is 8.83. The van der Waals surface area contributed by atoms with Crippen molar-refractivity contribution in [2.24, 2.45) is 10.7 Å². The van der Waals surface area contributed by atoms with Crippen LogP contribution in [0.1, 0.15) is 22.8 Å². The van der Waals surface area contributed by atoms with Gasteiger partial charge in [-0.1, -0.05) is 18.2 Å². The number of nitrogens with zero attached hydrogens (tertiary/aromatic N) is 1. The van der Waals surface area contributed by atoms with E-state index in [4.69, 9.17) is 5.73 Å². The fourth-order valence-corrected chi connectivity index (χ4v) is 2.21. The van der Waals surface area contributed by atoms with Crippen LogP contribution in [0.4, 0.5) is 10.1 Å². The Hall–Kier alpha value is -1.67. The molecule has 0 radical (unpaired) electrons. The number of aliphatic hydroxyl groups is 1. The molecule has 0 heterocycles. The lowest BCUT2D eigenvalue weighted by atomic mass is 10.1. The molecule has 0 fully saturated rings. The first kappa shape index (κ1) is 19.4. The molecule has 0 saturated carbocycles. The second-order valence-electron chi connectivity index (χ2n) is 5.29. The molecule has 23 heavy (non-hydrogen) atoms. The van der Waals surface area contributed by atoms with E-state index in [-0.39, 0.29) is 42.3 Å². The Balaban J connectivity index is 0.00000264. The van der Waals surface area contributed by atoms with Gasteiger partial charge in [0.15, 0.2) is 5.96 Å². The van der Waals surface area contributed by atoms with Crippen molar-refractivity contribution in [1.29, 1.82) is 0 Å². The van der Waals surface area contributed by atoms with Gasteiger partial charge in [0.2, 0.25) is 0 Å². The number of nitrogens with two attached hydrogens (primary N) is 1. The van der Waals surface area contributed by atoms with E-state index in [0.29, 0.717) is 5.56 Å². The molecule has 2 aromatic rings. The topological polar surface area (TPSA) is 70.6 Å². The third kappa shape index (κ3) is 6.15. The zero-order chi connectivity index (χ0) is 16.1. The van der Waals surface area contributed by atoms with Crippen molar-refractivity contribution in [2.45, 2.75) is 20.0 Å². The van der Waals surface area contributed by atoms with Gasteiger partial charge in [0.25, 0.3) is 0 Å². The first-order valence-corrected chi connectivity index (χ1v) is 7.03. The average molecular weight is 429 g/mol. The van der Waals surface area contributed by atoms with Crippen molar-refractivity contribution >= 4 is 35.6 Å². The summed E-state index contributed by atoms with van der Waals surface area (Å²) in [5.41, 5.74) is 9.53. The summed E-state index contributed by atoms with van der Waals surface area (Å²) in [4.78, 5) is 4.12. The molecule has 0 aliphatic heterocycles. The van der Waals surface area contributed by atoms with Gasteiger partial charge in [0.05, 0.1) is 12.6 Å². The maximum Gasteiger partial charge on any atom is 0.193 e. The molecule has 2 rings (SSSR count). The van der Waals surface area contributed by atoms with Crippen LogP contribution in [0, 0.1) is 19.7 Å². The van der Waals surface area contributed by atoms with Crippen molar-refractivity contribution in [2.75, 3.05) is 11.9 Å². The molecule has 0 aliphatic rings. The van der Waals surface area contributed by atoms with Gasteiger partial charge >= 0.3 is 0 Å². The predicted octanol–water partition coefficient (Wildman–Crippen LogP) is 3.52. The van der Waals surface area contributed by atoms with Gasteiger partial charge in [0, 0.05) is 5.69 Å². The van der Waals surface area contributed by atoms with Crippen molar-refractivity contribution in [3.05, 3.63) is 65.0 Å². The number of hydrogen-bond acceptors (Lipinski definition) is 2. The van der Waals surface area contributed by atoms with Crippen LogP contribution in [0.5, 0.6) is 0 Å². The molecule has 1 unspecified atom stereocenters. The third-order valence-corrected chi connectivity index (χ3v) is 3.18. The summed E-state index contributed by atoms with van der Waals surface area (Å²) in [5.74, 6) is -0.110. The zero-order valence-corrected chi connectivity index (χ0v) is 15.4. The van der Waals surface area contributed by atoms with Crippen molar-refractivity contribution in [3.63, 3.8) is 0 Å². The molecule has 124 valence electrons. The number of benzene rings is 2. The van der Waals surface area contributed by atoms with Crippen LogP contribution < -0.4 is 11.1 Å². The second-order valence-corrected chi connectivity index (χ2v) is 5.29. The predicted molar refractivity (Wildman–Crippen MR) is 103 cm³/mol. The van der Waals surface area contributed by atoms with E-state index in [1.54, 1.807) is 0 Å². The summed E-state index contributed by atoms with van der Waals surface area (Å²) >= 11 is 0. The quantitative estimate of drug-likeness (QED) is 0.396. The third-order valence-electron chi connectivity index (χ3n) is 3.18. The number of guanidine groups is 1. The number of aliphatic imine (C=N–C) groups is 1. The van der Waals surface area contributed by atoms with Crippen LogP contribution in [0.2, 0.25) is 0 Å². The summed E-state index contributed by atoms with van der Waals surface area (Å²) in [6.07, 6.45) is -0.819. The van der Waals surface area contributed by atoms with Crippen molar-refractivity contribution < 1.29 is 9.50 Å². The standard InChI is InChI=1S/C17H20FN3O.HI/c1-11-7-12(2)9-15(8-11)21-17(19)20-10-16(22)13-3-5-14(18)6-4-13;/h3-9,16,22H,10H2,1-2H3,(H3,19,20,21);1H. The fraction of sp³-hybridized carbons (Fsp3) is 0.235. The van der Waals surface area contributed by atoms with E-state index >= 15 is 0 Å². The molecule has 6 heteroatoms. The van der Waals surface area contributed by atoms with Crippen molar-refractivity contribution in [1.82, 2.24) is 0 Å². The number of hydrogen-bond donors (Lipinski definition) is 3. The molecule has 0 saturated heterocycles. The minimum atomic E-state index is -0.819. The van der Waals surface area contributed by atoms with E-state index in [1.165, 1.54) is 24.3 Å². The summed E-state index contributed by atoms with van der Waals surface area (Å²) in [5, 5.41) is 13.0. The number of anilines is 1. The molecule has 4 N–H and O–H groups in total. The molecule has 0 aliphatic carbocycles. The molecule has 0 spiro atoms. The normalized spacial score (nSPS) is 12.4. The highest BCUT2D eigenvalue weighted by Crippen LogP contribution is 2.15. The lowest BCUT2D eigenvalue weighted by Crippen LogP contribution is -2.23. The molecule has 2 aromatic carbocycles. The summed E-state index contributed by atoms with van der Waals surface area (Å²) < 4.78 is 12.8. The molecule has 0 amide bonds. The smallest absolute Gasteiger partial charge is 0.193 e.